The van der Waals surface area contributed by atoms with Gasteiger partial charge < -0.3 is 20.1 Å². The lowest BCUT2D eigenvalue weighted by Crippen LogP contribution is -2.65. The number of ether oxygens (including phenoxy) is 1. The van der Waals surface area contributed by atoms with Gasteiger partial charge >= 0.3 is 5.97 Å². The summed E-state index contributed by atoms with van der Waals surface area (Å²) in [5.74, 6) is -1.23. The molecule has 1 aromatic rings. The zero-order chi connectivity index (χ0) is 26.7. The van der Waals surface area contributed by atoms with Crippen LogP contribution in [0.1, 0.15) is 68.7 Å². The molecular formula is C29H38N2O6. The summed E-state index contributed by atoms with van der Waals surface area (Å²) in [6.07, 6.45) is 4.88. The molecule has 6 rings (SSSR count). The van der Waals surface area contributed by atoms with E-state index in [4.69, 9.17) is 4.74 Å². The molecule has 2 fully saturated rings. The van der Waals surface area contributed by atoms with Crippen LogP contribution in [0.4, 0.5) is 0 Å². The molecule has 2 saturated carbocycles. The standard InChI is InChI=1S/C29H38N2O6/c1-14-12-28-15(2)10-19-21(27(19,3)4)18(24(28)34)11-16(13-32)23(33)29(28,36)25(14)37-26(35)22-17-8-6-7-9-20(17)30-31(22)5/h11-12,15,18-19,21,23,25,32-33,36H,6-10,13H2,1-5H3/t15?,18-,19+,21-,23+,25-,28?,29-/m0/s1. The van der Waals surface area contributed by atoms with Crippen LogP contribution in [-0.4, -0.2) is 61.3 Å². The van der Waals surface area contributed by atoms with Crippen LogP contribution in [0.15, 0.2) is 23.3 Å². The average molecular weight is 511 g/mol. The zero-order valence-corrected chi connectivity index (χ0v) is 22.3. The maximum absolute atomic E-state index is 14.5. The second-order valence-corrected chi connectivity index (χ2v) is 12.8. The zero-order valence-electron chi connectivity index (χ0n) is 22.3. The predicted molar refractivity (Wildman–Crippen MR) is 134 cm³/mol. The van der Waals surface area contributed by atoms with Crippen molar-refractivity contribution >= 4 is 11.8 Å². The molecule has 5 aliphatic carbocycles. The van der Waals surface area contributed by atoms with Crippen molar-refractivity contribution < 1.29 is 29.6 Å². The number of aryl methyl sites for hydroxylation is 2. The molecule has 3 N–H and O–H groups in total. The van der Waals surface area contributed by atoms with Gasteiger partial charge in [0.15, 0.2) is 17.5 Å². The molecule has 8 nitrogen and oxygen atoms in total. The summed E-state index contributed by atoms with van der Waals surface area (Å²) in [5.41, 5.74) is -0.733. The van der Waals surface area contributed by atoms with Crippen molar-refractivity contribution in [3.05, 3.63) is 40.2 Å². The van der Waals surface area contributed by atoms with Crippen molar-refractivity contribution in [2.75, 3.05) is 6.61 Å². The van der Waals surface area contributed by atoms with Gasteiger partial charge in [0.05, 0.1) is 17.7 Å². The predicted octanol–water partition coefficient (Wildman–Crippen LogP) is 2.29. The van der Waals surface area contributed by atoms with Gasteiger partial charge in [-0.2, -0.15) is 5.10 Å². The van der Waals surface area contributed by atoms with E-state index in [1.54, 1.807) is 30.8 Å². The van der Waals surface area contributed by atoms with Crippen LogP contribution in [-0.2, 0) is 29.4 Å². The van der Waals surface area contributed by atoms with Crippen molar-refractivity contribution in [1.29, 1.82) is 0 Å². The van der Waals surface area contributed by atoms with Gasteiger partial charge in [0, 0.05) is 18.5 Å². The smallest absolute Gasteiger partial charge is 0.357 e. The number of ketones is 1. The minimum absolute atomic E-state index is 0.0392. The first-order valence-corrected chi connectivity index (χ1v) is 13.6. The minimum atomic E-state index is -2.13. The molecule has 0 aliphatic heterocycles. The normalized spacial score (nSPS) is 41.5. The van der Waals surface area contributed by atoms with Crippen LogP contribution < -0.4 is 0 Å². The number of nitrogens with zero attached hydrogens (tertiary/aromatic N) is 2. The third kappa shape index (κ3) is 2.98. The molecule has 1 aromatic heterocycles. The maximum Gasteiger partial charge on any atom is 0.357 e. The number of aliphatic hydroxyl groups excluding tert-OH is 2. The number of carbonyl (C=O) groups excluding carboxylic acids is 2. The summed E-state index contributed by atoms with van der Waals surface area (Å²) < 4.78 is 7.61. The van der Waals surface area contributed by atoms with Gasteiger partial charge in [-0.1, -0.05) is 32.9 Å². The monoisotopic (exact) mass is 510 g/mol. The number of hydrogen-bond donors (Lipinski definition) is 3. The molecule has 0 radical (unpaired) electrons. The Hall–Kier alpha value is -2.29. The Kier molecular flexibility index (Phi) is 5.32. The fourth-order valence-electron chi connectivity index (χ4n) is 8.69. The fourth-order valence-corrected chi connectivity index (χ4v) is 8.69. The topological polar surface area (TPSA) is 122 Å². The molecule has 5 aliphatic rings. The van der Waals surface area contributed by atoms with Crippen LogP contribution in [0.2, 0.25) is 0 Å². The second-order valence-electron chi connectivity index (χ2n) is 12.8. The summed E-state index contributed by atoms with van der Waals surface area (Å²) in [4.78, 5) is 28.1. The van der Waals surface area contributed by atoms with E-state index in [-0.39, 0.29) is 28.6 Å². The number of Topliss-reactive ketones (excluding diaryl/α,β-unsaturated/α-hetero) is 1. The Morgan fingerprint density at radius 2 is 1.97 bits per heavy atom. The van der Waals surface area contributed by atoms with Crippen molar-refractivity contribution in [2.45, 2.75) is 77.6 Å². The van der Waals surface area contributed by atoms with E-state index in [9.17, 15) is 24.9 Å². The SMILES string of the molecule is CC1=CC23C(=O)[C@@H](C=C(CO)[C@@H](O)[C@]2(O)[C@H]1OC(=O)c1c2c(nn1C)CCCC2)[C@H]1[C@@H](CC3C)C1(C)C. The molecule has 200 valence electrons. The molecule has 37 heavy (non-hydrogen) atoms. The molecule has 1 spiro atoms. The second kappa shape index (κ2) is 7.87. The lowest BCUT2D eigenvalue weighted by molar-refractivity contribution is -0.190. The molecule has 8 heteroatoms. The molecule has 1 heterocycles. The number of allylic oxidation sites excluding steroid dienone is 1. The highest BCUT2D eigenvalue weighted by Crippen LogP contribution is 2.71. The third-order valence-corrected chi connectivity index (χ3v) is 10.6. The lowest BCUT2D eigenvalue weighted by Gasteiger charge is -2.48. The highest BCUT2D eigenvalue weighted by atomic mass is 16.6. The molecule has 2 unspecified atom stereocenters. The number of fused-ring (bicyclic) bond motifs is 4. The highest BCUT2D eigenvalue weighted by molar-refractivity contribution is 5.96. The Bertz CT molecular complexity index is 1260. The number of hydrogen-bond acceptors (Lipinski definition) is 7. The van der Waals surface area contributed by atoms with E-state index in [1.165, 1.54) is 0 Å². The largest absolute Gasteiger partial charge is 0.450 e. The Morgan fingerprint density at radius 1 is 1.27 bits per heavy atom. The molecule has 8 atom stereocenters. The summed E-state index contributed by atoms with van der Waals surface area (Å²) >= 11 is 0. The van der Waals surface area contributed by atoms with E-state index >= 15 is 0 Å². The molecule has 0 saturated heterocycles. The van der Waals surface area contributed by atoms with Crippen molar-refractivity contribution in [1.82, 2.24) is 9.78 Å². The first-order valence-electron chi connectivity index (χ1n) is 13.6. The molecule has 0 aromatic carbocycles. The number of aliphatic hydroxyl groups is 3. The van der Waals surface area contributed by atoms with Gasteiger partial charge in [0.25, 0.3) is 0 Å². The Balaban J connectivity index is 1.45. The number of carbonyl (C=O) groups is 2. The summed E-state index contributed by atoms with van der Waals surface area (Å²) in [5, 5.41) is 39.0. The Labute approximate surface area is 217 Å². The van der Waals surface area contributed by atoms with Crippen molar-refractivity contribution in [3.63, 3.8) is 0 Å². The van der Waals surface area contributed by atoms with Crippen LogP contribution in [0.3, 0.4) is 0 Å². The van der Waals surface area contributed by atoms with Gasteiger partial charge in [-0.25, -0.2) is 4.79 Å². The summed E-state index contributed by atoms with van der Waals surface area (Å²) in [7, 11) is 1.71. The summed E-state index contributed by atoms with van der Waals surface area (Å²) in [6.45, 7) is 7.53. The molecular weight excluding hydrogens is 472 g/mol. The summed E-state index contributed by atoms with van der Waals surface area (Å²) in [6, 6.07) is 0. The number of aromatic nitrogens is 2. The van der Waals surface area contributed by atoms with Gasteiger partial charge in [0.2, 0.25) is 0 Å². The lowest BCUT2D eigenvalue weighted by atomic mass is 9.59. The van der Waals surface area contributed by atoms with Crippen LogP contribution in [0.25, 0.3) is 0 Å². The Morgan fingerprint density at radius 3 is 2.68 bits per heavy atom. The third-order valence-electron chi connectivity index (χ3n) is 10.6. The quantitative estimate of drug-likeness (QED) is 0.421. The van der Waals surface area contributed by atoms with Crippen molar-refractivity contribution in [3.8, 4) is 0 Å². The van der Waals surface area contributed by atoms with Crippen LogP contribution in [0, 0.1) is 34.5 Å². The van der Waals surface area contributed by atoms with E-state index in [2.05, 4.69) is 18.9 Å². The first-order chi connectivity index (χ1) is 17.4. The highest BCUT2D eigenvalue weighted by Gasteiger charge is 2.76. The van der Waals surface area contributed by atoms with Crippen LogP contribution >= 0.6 is 0 Å². The van der Waals surface area contributed by atoms with Gasteiger partial charge in [-0.05, 0) is 73.3 Å². The van der Waals surface area contributed by atoms with E-state index < -0.39 is 41.7 Å². The van der Waals surface area contributed by atoms with E-state index in [0.717, 1.165) is 43.4 Å². The van der Waals surface area contributed by atoms with Gasteiger partial charge in [-0.3, -0.25) is 9.48 Å². The van der Waals surface area contributed by atoms with E-state index in [0.29, 0.717) is 17.2 Å². The van der Waals surface area contributed by atoms with Crippen molar-refractivity contribution in [2.24, 2.45) is 41.5 Å². The fraction of sp³-hybridized carbons (Fsp3) is 0.690. The van der Waals surface area contributed by atoms with E-state index in [1.807, 2.05) is 6.92 Å². The number of rotatable bonds is 3. The van der Waals surface area contributed by atoms with Gasteiger partial charge in [-0.15, -0.1) is 0 Å². The minimum Gasteiger partial charge on any atom is -0.450 e. The average Bonchev–Trinajstić information content (AvgIpc) is 3.14. The van der Waals surface area contributed by atoms with Crippen LogP contribution in [0.5, 0.6) is 0 Å². The first kappa shape index (κ1) is 25.0. The maximum atomic E-state index is 14.5. The molecule has 2 bridgehead atoms. The van der Waals surface area contributed by atoms with Gasteiger partial charge in [0.1, 0.15) is 11.8 Å². The molecule has 0 amide bonds. The number of esters is 1.